The lowest BCUT2D eigenvalue weighted by molar-refractivity contribution is 0.0308. The van der Waals surface area contributed by atoms with Crippen LogP contribution in [0.4, 0.5) is 0 Å². The van der Waals surface area contributed by atoms with Gasteiger partial charge in [-0.05, 0) is 55.9 Å². The third-order valence-corrected chi connectivity index (χ3v) is 5.85. The van der Waals surface area contributed by atoms with E-state index in [1.807, 2.05) is 11.3 Å². The van der Waals surface area contributed by atoms with Crippen LogP contribution < -0.4 is 5.32 Å². The van der Waals surface area contributed by atoms with Crippen molar-refractivity contribution in [3.05, 3.63) is 22.4 Å². The average molecular weight is 277 g/mol. The maximum atomic E-state index is 6.16. The zero-order chi connectivity index (χ0) is 12.7. The zero-order valence-corrected chi connectivity index (χ0v) is 12.3. The highest BCUT2D eigenvalue weighted by molar-refractivity contribution is 7.09. The summed E-state index contributed by atoms with van der Waals surface area (Å²) in [5, 5.41) is 6.00. The van der Waals surface area contributed by atoms with Crippen molar-refractivity contribution in [3.8, 4) is 0 Å². The van der Waals surface area contributed by atoms with Gasteiger partial charge >= 0.3 is 0 Å². The number of rotatable bonds is 6. The molecule has 0 aromatic carbocycles. The average Bonchev–Trinajstić information content (AvgIpc) is 3.34. The Morgan fingerprint density at radius 1 is 1.32 bits per heavy atom. The van der Waals surface area contributed by atoms with Crippen LogP contribution in [0.3, 0.4) is 0 Å². The van der Waals surface area contributed by atoms with E-state index in [0.29, 0.717) is 11.5 Å². The van der Waals surface area contributed by atoms with E-state index < -0.39 is 0 Å². The molecule has 1 saturated heterocycles. The molecule has 2 atom stereocenters. The third kappa shape index (κ3) is 2.61. The van der Waals surface area contributed by atoms with E-state index in [2.05, 4.69) is 22.8 Å². The standard InChI is InChI=1S/C16H23NOS/c1-2-14(19-9-1)10-16(11-17-13-5-6-13)7-8-18-15(16)12-3-4-12/h1-2,9,12-13,15,17H,3-8,10-11H2. The van der Waals surface area contributed by atoms with Gasteiger partial charge in [-0.2, -0.15) is 0 Å². The van der Waals surface area contributed by atoms with Gasteiger partial charge in [0.25, 0.3) is 0 Å². The molecular weight excluding hydrogens is 254 g/mol. The summed E-state index contributed by atoms with van der Waals surface area (Å²) in [6.45, 7) is 2.13. The molecule has 0 bridgehead atoms. The first kappa shape index (κ1) is 12.4. The van der Waals surface area contributed by atoms with Crippen LogP contribution in [0.25, 0.3) is 0 Å². The van der Waals surface area contributed by atoms with Crippen molar-refractivity contribution in [2.75, 3.05) is 13.2 Å². The van der Waals surface area contributed by atoms with E-state index in [9.17, 15) is 0 Å². The van der Waals surface area contributed by atoms with Gasteiger partial charge in [0.1, 0.15) is 0 Å². The molecule has 1 aromatic rings. The summed E-state index contributed by atoms with van der Waals surface area (Å²) in [6, 6.07) is 5.29. The van der Waals surface area contributed by atoms with Crippen LogP contribution >= 0.6 is 11.3 Å². The summed E-state index contributed by atoms with van der Waals surface area (Å²) in [5.41, 5.74) is 0.370. The normalized spacial score (nSPS) is 34.8. The van der Waals surface area contributed by atoms with Crippen LogP contribution in [0.2, 0.25) is 0 Å². The van der Waals surface area contributed by atoms with Crippen molar-refractivity contribution in [1.82, 2.24) is 5.32 Å². The van der Waals surface area contributed by atoms with Gasteiger partial charge in [0.2, 0.25) is 0 Å². The summed E-state index contributed by atoms with van der Waals surface area (Å²) in [7, 11) is 0. The fourth-order valence-electron chi connectivity index (χ4n) is 3.58. The first-order valence-corrected chi connectivity index (χ1v) is 8.61. The second kappa shape index (κ2) is 4.87. The van der Waals surface area contributed by atoms with Crippen molar-refractivity contribution in [2.24, 2.45) is 11.3 Å². The molecule has 1 aliphatic heterocycles. The lowest BCUT2D eigenvalue weighted by Crippen LogP contribution is -2.44. The second-order valence-corrected chi connectivity index (χ2v) is 7.68. The first-order valence-electron chi connectivity index (χ1n) is 7.73. The van der Waals surface area contributed by atoms with Crippen molar-refractivity contribution in [2.45, 2.75) is 50.7 Å². The molecule has 0 amide bonds. The van der Waals surface area contributed by atoms with Gasteiger partial charge in [0.05, 0.1) is 6.10 Å². The maximum absolute atomic E-state index is 6.16. The Labute approximate surface area is 119 Å². The van der Waals surface area contributed by atoms with Gasteiger partial charge in [0, 0.05) is 29.5 Å². The second-order valence-electron chi connectivity index (χ2n) is 6.65. The quantitative estimate of drug-likeness (QED) is 0.862. The molecule has 2 aliphatic carbocycles. The van der Waals surface area contributed by atoms with Crippen molar-refractivity contribution >= 4 is 11.3 Å². The highest BCUT2D eigenvalue weighted by Crippen LogP contribution is 2.49. The Bertz CT molecular complexity index is 424. The van der Waals surface area contributed by atoms with E-state index >= 15 is 0 Å². The van der Waals surface area contributed by atoms with Crippen LogP contribution in [0, 0.1) is 11.3 Å². The predicted molar refractivity (Wildman–Crippen MR) is 78.6 cm³/mol. The first-order chi connectivity index (χ1) is 9.36. The van der Waals surface area contributed by atoms with Crippen LogP contribution in [0.15, 0.2) is 17.5 Å². The van der Waals surface area contributed by atoms with Crippen LogP contribution in [0.1, 0.15) is 37.0 Å². The molecule has 1 N–H and O–H groups in total. The van der Waals surface area contributed by atoms with E-state index in [0.717, 1.165) is 25.1 Å². The number of nitrogens with one attached hydrogen (secondary N) is 1. The molecule has 3 heteroatoms. The topological polar surface area (TPSA) is 21.3 Å². The van der Waals surface area contributed by atoms with Gasteiger partial charge < -0.3 is 10.1 Å². The summed E-state index contributed by atoms with van der Waals surface area (Å²) in [6.07, 6.45) is 8.51. The molecule has 3 aliphatic rings. The molecule has 4 rings (SSSR count). The molecular formula is C16H23NOS. The lowest BCUT2D eigenvalue weighted by atomic mass is 9.75. The van der Waals surface area contributed by atoms with Gasteiger partial charge in [0.15, 0.2) is 0 Å². The van der Waals surface area contributed by atoms with Crippen molar-refractivity contribution in [1.29, 1.82) is 0 Å². The summed E-state index contributed by atoms with van der Waals surface area (Å²) >= 11 is 1.91. The Kier molecular flexibility index (Phi) is 3.17. The van der Waals surface area contributed by atoms with Crippen LogP contribution in [-0.2, 0) is 11.2 Å². The molecule has 104 valence electrons. The SMILES string of the molecule is c1csc(CC2(CNC3CC3)CCOC2C2CC2)c1. The maximum Gasteiger partial charge on any atom is 0.0675 e. The monoisotopic (exact) mass is 277 g/mol. The smallest absolute Gasteiger partial charge is 0.0675 e. The highest BCUT2D eigenvalue weighted by atomic mass is 32.1. The van der Waals surface area contributed by atoms with Crippen molar-refractivity contribution < 1.29 is 4.74 Å². The minimum atomic E-state index is 0.370. The molecule has 2 unspecified atom stereocenters. The van der Waals surface area contributed by atoms with Gasteiger partial charge in [-0.3, -0.25) is 0 Å². The Hall–Kier alpha value is -0.380. The molecule has 2 nitrogen and oxygen atoms in total. The number of ether oxygens (including phenoxy) is 1. The van der Waals surface area contributed by atoms with Gasteiger partial charge in [-0.1, -0.05) is 6.07 Å². The highest BCUT2D eigenvalue weighted by Gasteiger charge is 2.51. The minimum Gasteiger partial charge on any atom is -0.377 e. The molecule has 2 saturated carbocycles. The Balaban J connectivity index is 1.53. The van der Waals surface area contributed by atoms with E-state index in [4.69, 9.17) is 4.74 Å². The number of thiophene rings is 1. The summed E-state index contributed by atoms with van der Waals surface area (Å²) < 4.78 is 6.16. The Morgan fingerprint density at radius 3 is 2.89 bits per heavy atom. The molecule has 1 aromatic heterocycles. The van der Waals surface area contributed by atoms with Crippen molar-refractivity contribution in [3.63, 3.8) is 0 Å². The predicted octanol–water partition coefficient (Wildman–Crippen LogP) is 3.23. The Morgan fingerprint density at radius 2 is 2.21 bits per heavy atom. The fraction of sp³-hybridized carbons (Fsp3) is 0.750. The molecule has 0 spiro atoms. The minimum absolute atomic E-state index is 0.370. The number of hydrogen-bond donors (Lipinski definition) is 1. The van der Waals surface area contributed by atoms with Gasteiger partial charge in [-0.15, -0.1) is 11.3 Å². The molecule has 3 fully saturated rings. The van der Waals surface area contributed by atoms with Crippen LogP contribution in [-0.4, -0.2) is 25.3 Å². The third-order valence-electron chi connectivity index (χ3n) is 4.98. The number of hydrogen-bond acceptors (Lipinski definition) is 3. The summed E-state index contributed by atoms with van der Waals surface area (Å²) in [5.74, 6) is 0.850. The van der Waals surface area contributed by atoms with E-state index in [-0.39, 0.29) is 0 Å². The van der Waals surface area contributed by atoms with E-state index in [1.165, 1.54) is 43.4 Å². The van der Waals surface area contributed by atoms with Gasteiger partial charge in [-0.25, -0.2) is 0 Å². The lowest BCUT2D eigenvalue weighted by Gasteiger charge is -2.34. The van der Waals surface area contributed by atoms with Crippen LogP contribution in [0.5, 0.6) is 0 Å². The zero-order valence-electron chi connectivity index (χ0n) is 11.4. The molecule has 19 heavy (non-hydrogen) atoms. The summed E-state index contributed by atoms with van der Waals surface area (Å²) in [4.78, 5) is 1.54. The largest absolute Gasteiger partial charge is 0.377 e. The van der Waals surface area contributed by atoms with E-state index in [1.54, 1.807) is 0 Å². The molecule has 2 heterocycles. The fourth-order valence-corrected chi connectivity index (χ4v) is 4.44. The molecule has 0 radical (unpaired) electrons.